The molecule has 2 rings (SSSR count). The van der Waals surface area contributed by atoms with Crippen LogP contribution in [0.3, 0.4) is 0 Å². The van der Waals surface area contributed by atoms with Crippen LogP contribution in [-0.2, 0) is 6.42 Å². The Kier molecular flexibility index (Phi) is 3.89. The smallest absolute Gasteiger partial charge is 0.216 e. The third-order valence-electron chi connectivity index (χ3n) is 2.86. The topological polar surface area (TPSA) is 55.2 Å². The minimum atomic E-state index is -0.757. The summed E-state index contributed by atoms with van der Waals surface area (Å²) >= 11 is 0. The number of ether oxygens (including phenoxy) is 1. The molecule has 0 saturated carbocycles. The molecule has 1 atom stereocenters. The summed E-state index contributed by atoms with van der Waals surface area (Å²) in [5.41, 5.74) is 2.59. The number of hydrogen-bond acceptors (Lipinski definition) is 4. The molecule has 0 saturated heterocycles. The molecule has 4 heteroatoms. The average molecular weight is 244 g/mol. The van der Waals surface area contributed by atoms with Gasteiger partial charge in [0.05, 0.1) is 12.8 Å². The van der Waals surface area contributed by atoms with Gasteiger partial charge in [-0.1, -0.05) is 31.2 Å². The van der Waals surface area contributed by atoms with Crippen molar-refractivity contribution in [3.63, 3.8) is 0 Å². The van der Waals surface area contributed by atoms with Crippen molar-refractivity contribution in [3.05, 3.63) is 53.5 Å². The molecule has 18 heavy (non-hydrogen) atoms. The zero-order chi connectivity index (χ0) is 13.0. The fraction of sp³-hybridized carbons (Fsp3) is 0.286. The van der Waals surface area contributed by atoms with Crippen LogP contribution in [0.4, 0.5) is 0 Å². The predicted molar refractivity (Wildman–Crippen MR) is 68.5 cm³/mol. The van der Waals surface area contributed by atoms with Gasteiger partial charge in [-0.15, -0.1) is 0 Å². The number of nitrogens with zero attached hydrogens (tertiary/aromatic N) is 2. The predicted octanol–water partition coefficient (Wildman–Crippen LogP) is 2.13. The Bertz CT molecular complexity index is 511. The molecule has 0 aliphatic heterocycles. The van der Waals surface area contributed by atoms with Crippen LogP contribution in [0.1, 0.15) is 29.8 Å². The third-order valence-corrected chi connectivity index (χ3v) is 2.86. The highest BCUT2D eigenvalue weighted by molar-refractivity contribution is 5.30. The van der Waals surface area contributed by atoms with E-state index in [1.165, 1.54) is 19.0 Å². The molecule has 2 aromatic rings. The quantitative estimate of drug-likeness (QED) is 0.895. The van der Waals surface area contributed by atoms with Crippen molar-refractivity contribution in [2.24, 2.45) is 0 Å². The van der Waals surface area contributed by atoms with Gasteiger partial charge in [-0.3, -0.25) is 0 Å². The van der Waals surface area contributed by atoms with Gasteiger partial charge < -0.3 is 9.84 Å². The van der Waals surface area contributed by atoms with Gasteiger partial charge in [0.2, 0.25) is 5.88 Å². The summed E-state index contributed by atoms with van der Waals surface area (Å²) in [7, 11) is 1.54. The number of rotatable bonds is 4. The number of benzene rings is 1. The van der Waals surface area contributed by atoms with Gasteiger partial charge in [-0.25, -0.2) is 9.97 Å². The Hall–Kier alpha value is -1.94. The van der Waals surface area contributed by atoms with Gasteiger partial charge in [0.25, 0.3) is 0 Å². The first-order chi connectivity index (χ1) is 8.74. The largest absolute Gasteiger partial charge is 0.481 e. The maximum atomic E-state index is 10.2. The summed E-state index contributed by atoms with van der Waals surface area (Å²) < 4.78 is 5.02. The Morgan fingerprint density at radius 2 is 1.94 bits per heavy atom. The molecule has 0 amide bonds. The summed E-state index contributed by atoms with van der Waals surface area (Å²) in [6.45, 7) is 2.10. The molecular formula is C14H16N2O2. The fourth-order valence-electron chi connectivity index (χ4n) is 1.72. The highest BCUT2D eigenvalue weighted by atomic mass is 16.5. The van der Waals surface area contributed by atoms with Gasteiger partial charge in [0, 0.05) is 6.07 Å². The van der Waals surface area contributed by atoms with Crippen LogP contribution in [0, 0.1) is 0 Å². The first kappa shape index (κ1) is 12.5. The molecular weight excluding hydrogens is 228 g/mol. The van der Waals surface area contributed by atoms with Gasteiger partial charge in [0.1, 0.15) is 12.4 Å². The molecule has 0 radical (unpaired) electrons. The van der Waals surface area contributed by atoms with Crippen molar-refractivity contribution in [3.8, 4) is 5.88 Å². The normalized spacial score (nSPS) is 12.2. The van der Waals surface area contributed by atoms with E-state index in [1.54, 1.807) is 6.07 Å². The molecule has 1 heterocycles. The molecule has 0 aliphatic carbocycles. The van der Waals surface area contributed by atoms with Crippen LogP contribution >= 0.6 is 0 Å². The summed E-state index contributed by atoms with van der Waals surface area (Å²) in [4.78, 5) is 7.98. The molecule has 0 spiro atoms. The molecule has 1 aromatic carbocycles. The summed E-state index contributed by atoms with van der Waals surface area (Å²) in [5.74, 6) is 0.448. The standard InChI is InChI=1S/C14H16N2O2/c1-3-10-4-6-11(7-5-10)14(17)12-8-13(18-2)16-9-15-12/h4-9,14,17H,3H2,1-2H3. The molecule has 0 aliphatic rings. The summed E-state index contributed by atoms with van der Waals surface area (Å²) in [5, 5.41) is 10.2. The zero-order valence-electron chi connectivity index (χ0n) is 10.5. The molecule has 0 bridgehead atoms. The number of aromatic nitrogens is 2. The number of hydrogen-bond donors (Lipinski definition) is 1. The first-order valence-electron chi connectivity index (χ1n) is 5.87. The second-order valence-electron chi connectivity index (χ2n) is 3.98. The Balaban J connectivity index is 2.25. The lowest BCUT2D eigenvalue weighted by Gasteiger charge is -2.11. The fourth-order valence-corrected chi connectivity index (χ4v) is 1.72. The molecule has 94 valence electrons. The van der Waals surface area contributed by atoms with E-state index in [1.807, 2.05) is 24.3 Å². The van der Waals surface area contributed by atoms with Crippen LogP contribution in [0.15, 0.2) is 36.7 Å². The average Bonchev–Trinajstić information content (AvgIpc) is 2.46. The number of methoxy groups -OCH3 is 1. The van der Waals surface area contributed by atoms with E-state index in [-0.39, 0.29) is 0 Å². The molecule has 4 nitrogen and oxygen atoms in total. The van der Waals surface area contributed by atoms with Crippen LogP contribution in [-0.4, -0.2) is 22.2 Å². The van der Waals surface area contributed by atoms with Crippen molar-refractivity contribution in [2.45, 2.75) is 19.4 Å². The number of aliphatic hydroxyl groups is 1. The molecule has 1 aromatic heterocycles. The Labute approximate surface area is 106 Å². The minimum absolute atomic E-state index is 0.448. The third kappa shape index (κ3) is 2.65. The second kappa shape index (κ2) is 5.60. The molecule has 0 fully saturated rings. The van der Waals surface area contributed by atoms with Crippen molar-refractivity contribution < 1.29 is 9.84 Å². The Morgan fingerprint density at radius 3 is 2.56 bits per heavy atom. The van der Waals surface area contributed by atoms with Gasteiger partial charge >= 0.3 is 0 Å². The zero-order valence-corrected chi connectivity index (χ0v) is 10.5. The van der Waals surface area contributed by atoms with Crippen LogP contribution in [0.25, 0.3) is 0 Å². The van der Waals surface area contributed by atoms with Crippen molar-refractivity contribution in [2.75, 3.05) is 7.11 Å². The summed E-state index contributed by atoms with van der Waals surface area (Å²) in [6.07, 6.45) is 1.61. The van der Waals surface area contributed by atoms with E-state index in [2.05, 4.69) is 16.9 Å². The van der Waals surface area contributed by atoms with Gasteiger partial charge in [-0.05, 0) is 17.5 Å². The monoisotopic (exact) mass is 244 g/mol. The van der Waals surface area contributed by atoms with Crippen molar-refractivity contribution >= 4 is 0 Å². The lowest BCUT2D eigenvalue weighted by Crippen LogP contribution is -2.03. The Morgan fingerprint density at radius 1 is 1.22 bits per heavy atom. The van der Waals surface area contributed by atoms with E-state index < -0.39 is 6.10 Å². The maximum absolute atomic E-state index is 10.2. The van der Waals surface area contributed by atoms with Crippen molar-refractivity contribution in [1.29, 1.82) is 0 Å². The van der Waals surface area contributed by atoms with E-state index in [9.17, 15) is 5.11 Å². The first-order valence-corrected chi connectivity index (χ1v) is 5.87. The van der Waals surface area contributed by atoms with Crippen LogP contribution < -0.4 is 4.74 Å². The lowest BCUT2D eigenvalue weighted by molar-refractivity contribution is 0.214. The van der Waals surface area contributed by atoms with Crippen LogP contribution in [0.2, 0.25) is 0 Å². The molecule has 1 N–H and O–H groups in total. The lowest BCUT2D eigenvalue weighted by atomic mass is 10.0. The van der Waals surface area contributed by atoms with E-state index >= 15 is 0 Å². The van der Waals surface area contributed by atoms with E-state index in [4.69, 9.17) is 4.74 Å². The van der Waals surface area contributed by atoms with Gasteiger partial charge in [-0.2, -0.15) is 0 Å². The highest BCUT2D eigenvalue weighted by Gasteiger charge is 2.12. The highest BCUT2D eigenvalue weighted by Crippen LogP contribution is 2.22. The number of aryl methyl sites for hydroxylation is 1. The van der Waals surface area contributed by atoms with Crippen LogP contribution in [0.5, 0.6) is 5.88 Å². The molecule has 1 unspecified atom stereocenters. The SMILES string of the molecule is CCc1ccc(C(O)c2cc(OC)ncn2)cc1. The van der Waals surface area contributed by atoms with Crippen molar-refractivity contribution in [1.82, 2.24) is 9.97 Å². The minimum Gasteiger partial charge on any atom is -0.481 e. The number of aliphatic hydroxyl groups excluding tert-OH is 1. The summed E-state index contributed by atoms with van der Waals surface area (Å²) in [6, 6.07) is 9.49. The van der Waals surface area contributed by atoms with E-state index in [0.29, 0.717) is 11.6 Å². The maximum Gasteiger partial charge on any atom is 0.216 e. The van der Waals surface area contributed by atoms with Gasteiger partial charge in [0.15, 0.2) is 0 Å². The van der Waals surface area contributed by atoms with E-state index in [0.717, 1.165) is 12.0 Å². The second-order valence-corrected chi connectivity index (χ2v) is 3.98.